The van der Waals surface area contributed by atoms with Crippen molar-refractivity contribution in [3.8, 4) is 11.3 Å². The number of pyridine rings is 1. The van der Waals surface area contributed by atoms with Crippen LogP contribution in [0.25, 0.3) is 11.3 Å². The average Bonchev–Trinajstić information content (AvgIpc) is 2.20. The summed E-state index contributed by atoms with van der Waals surface area (Å²) < 4.78 is 27.5. The van der Waals surface area contributed by atoms with Crippen LogP contribution >= 0.6 is 15.9 Å². The molecule has 0 aliphatic heterocycles. The number of rotatable bonds is 1. The molecule has 0 amide bonds. The third-order valence-corrected chi connectivity index (χ3v) is 2.42. The molecule has 0 fully saturated rings. The second-order valence-electron chi connectivity index (χ2n) is 2.96. The minimum atomic E-state index is -0.607. The Labute approximate surface area is 93.9 Å². The van der Waals surface area contributed by atoms with Gasteiger partial charge in [0.25, 0.3) is 0 Å². The molecule has 2 aromatic rings. The molecule has 0 radical (unpaired) electrons. The molecule has 0 spiro atoms. The summed E-state index contributed by atoms with van der Waals surface area (Å²) in [5.74, 6) is -1.21. The lowest BCUT2D eigenvalue weighted by atomic mass is 10.1. The molecule has 1 aromatic heterocycles. The van der Waals surface area contributed by atoms with Crippen LogP contribution in [0.3, 0.4) is 0 Å². The zero-order valence-electron chi connectivity index (χ0n) is 7.55. The number of aromatic nitrogens is 1. The van der Waals surface area contributed by atoms with Gasteiger partial charge in [-0.1, -0.05) is 6.07 Å². The van der Waals surface area contributed by atoms with Gasteiger partial charge in [0.1, 0.15) is 11.6 Å². The van der Waals surface area contributed by atoms with Crippen LogP contribution in [0.2, 0.25) is 0 Å². The molecular weight excluding hydrogens is 264 g/mol. The van der Waals surface area contributed by atoms with E-state index in [1.165, 1.54) is 24.4 Å². The van der Waals surface area contributed by atoms with Gasteiger partial charge in [-0.25, -0.2) is 8.78 Å². The Morgan fingerprint density at radius 1 is 1.00 bits per heavy atom. The standard InChI is InChI=1S/C11H6BrF2N/c12-7-4-5-10(15-6-7)11-8(13)2-1-3-9(11)14/h1-6H. The van der Waals surface area contributed by atoms with Crippen molar-refractivity contribution in [3.63, 3.8) is 0 Å². The highest BCUT2D eigenvalue weighted by Crippen LogP contribution is 2.24. The first kappa shape index (κ1) is 10.2. The second kappa shape index (κ2) is 4.06. The van der Waals surface area contributed by atoms with Crippen LogP contribution < -0.4 is 0 Å². The van der Waals surface area contributed by atoms with Gasteiger partial charge < -0.3 is 0 Å². The summed E-state index contributed by atoms with van der Waals surface area (Å²) in [5, 5.41) is 0. The fraction of sp³-hybridized carbons (Fsp3) is 0. The van der Waals surface area contributed by atoms with Crippen LogP contribution in [0.5, 0.6) is 0 Å². The van der Waals surface area contributed by atoms with Crippen molar-refractivity contribution in [3.05, 3.63) is 52.6 Å². The average molecular weight is 270 g/mol. The maximum atomic E-state index is 13.3. The van der Waals surface area contributed by atoms with Gasteiger partial charge in [-0.15, -0.1) is 0 Å². The zero-order chi connectivity index (χ0) is 10.8. The van der Waals surface area contributed by atoms with Crippen molar-refractivity contribution in [1.29, 1.82) is 0 Å². The summed E-state index contributed by atoms with van der Waals surface area (Å²) in [6.07, 6.45) is 1.50. The van der Waals surface area contributed by atoms with E-state index in [2.05, 4.69) is 20.9 Å². The SMILES string of the molecule is Fc1cccc(F)c1-c1ccc(Br)cn1. The summed E-state index contributed by atoms with van der Waals surface area (Å²) in [7, 11) is 0. The third-order valence-electron chi connectivity index (χ3n) is 1.95. The summed E-state index contributed by atoms with van der Waals surface area (Å²) in [6.45, 7) is 0. The first-order chi connectivity index (χ1) is 7.18. The van der Waals surface area contributed by atoms with Crippen molar-refractivity contribution in [2.45, 2.75) is 0 Å². The predicted molar refractivity (Wildman–Crippen MR) is 57.3 cm³/mol. The summed E-state index contributed by atoms with van der Waals surface area (Å²) in [4.78, 5) is 3.94. The molecule has 0 unspecified atom stereocenters. The van der Waals surface area contributed by atoms with Crippen LogP contribution in [-0.2, 0) is 0 Å². The van der Waals surface area contributed by atoms with Crippen LogP contribution in [-0.4, -0.2) is 4.98 Å². The van der Waals surface area contributed by atoms with Crippen LogP contribution in [0, 0.1) is 11.6 Å². The topological polar surface area (TPSA) is 12.9 Å². The Hall–Kier alpha value is -1.29. The number of nitrogens with zero attached hydrogens (tertiary/aromatic N) is 1. The van der Waals surface area contributed by atoms with Gasteiger partial charge >= 0.3 is 0 Å². The normalized spacial score (nSPS) is 10.3. The number of hydrogen-bond acceptors (Lipinski definition) is 1. The maximum absolute atomic E-state index is 13.3. The number of hydrogen-bond donors (Lipinski definition) is 0. The van der Waals surface area contributed by atoms with E-state index in [1.54, 1.807) is 12.1 Å². The van der Waals surface area contributed by atoms with Gasteiger partial charge in [-0.3, -0.25) is 4.98 Å². The maximum Gasteiger partial charge on any atom is 0.135 e. The highest BCUT2D eigenvalue weighted by atomic mass is 79.9. The zero-order valence-corrected chi connectivity index (χ0v) is 9.13. The van der Waals surface area contributed by atoms with E-state index in [1.807, 2.05) is 0 Å². The van der Waals surface area contributed by atoms with E-state index < -0.39 is 11.6 Å². The van der Waals surface area contributed by atoms with Gasteiger partial charge in [-0.05, 0) is 40.2 Å². The van der Waals surface area contributed by atoms with Gasteiger partial charge in [0.15, 0.2) is 0 Å². The number of halogens is 3. The highest BCUT2D eigenvalue weighted by molar-refractivity contribution is 9.10. The minimum absolute atomic E-state index is 0.0926. The first-order valence-corrected chi connectivity index (χ1v) is 5.04. The van der Waals surface area contributed by atoms with E-state index in [0.717, 1.165) is 4.47 Å². The number of benzene rings is 1. The monoisotopic (exact) mass is 269 g/mol. The lowest BCUT2D eigenvalue weighted by Crippen LogP contribution is -1.91. The third kappa shape index (κ3) is 2.04. The van der Waals surface area contributed by atoms with Crippen molar-refractivity contribution in [2.75, 3.05) is 0 Å². The fourth-order valence-electron chi connectivity index (χ4n) is 1.27. The first-order valence-electron chi connectivity index (χ1n) is 4.24. The van der Waals surface area contributed by atoms with Crippen LogP contribution in [0.1, 0.15) is 0 Å². The molecule has 1 aromatic carbocycles. The van der Waals surface area contributed by atoms with E-state index in [9.17, 15) is 8.78 Å². The van der Waals surface area contributed by atoms with Crippen molar-refractivity contribution in [2.24, 2.45) is 0 Å². The molecular formula is C11H6BrF2N. The molecule has 0 atom stereocenters. The van der Waals surface area contributed by atoms with Crippen molar-refractivity contribution in [1.82, 2.24) is 4.98 Å². The van der Waals surface area contributed by atoms with E-state index in [-0.39, 0.29) is 11.3 Å². The molecule has 0 bridgehead atoms. The van der Waals surface area contributed by atoms with E-state index >= 15 is 0 Å². The summed E-state index contributed by atoms with van der Waals surface area (Å²) >= 11 is 3.21. The molecule has 1 heterocycles. The molecule has 0 saturated carbocycles. The molecule has 0 N–H and O–H groups in total. The summed E-state index contributed by atoms with van der Waals surface area (Å²) in [6, 6.07) is 7.00. The quantitative estimate of drug-likeness (QED) is 0.768. The van der Waals surface area contributed by atoms with E-state index in [0.29, 0.717) is 0 Å². The molecule has 2 rings (SSSR count). The molecule has 15 heavy (non-hydrogen) atoms. The smallest absolute Gasteiger partial charge is 0.135 e. The lowest BCUT2D eigenvalue weighted by molar-refractivity contribution is 0.588. The molecule has 4 heteroatoms. The predicted octanol–water partition coefficient (Wildman–Crippen LogP) is 3.79. The van der Waals surface area contributed by atoms with Crippen LogP contribution in [0.15, 0.2) is 41.0 Å². The van der Waals surface area contributed by atoms with Crippen LogP contribution in [0.4, 0.5) is 8.78 Å². The van der Waals surface area contributed by atoms with Gasteiger partial charge in [0.2, 0.25) is 0 Å². The molecule has 0 saturated heterocycles. The largest absolute Gasteiger partial charge is 0.255 e. The van der Waals surface area contributed by atoms with E-state index in [4.69, 9.17) is 0 Å². The van der Waals surface area contributed by atoms with Crippen molar-refractivity contribution < 1.29 is 8.78 Å². The fourth-order valence-corrected chi connectivity index (χ4v) is 1.50. The Kier molecular flexibility index (Phi) is 2.77. The second-order valence-corrected chi connectivity index (χ2v) is 3.87. The Morgan fingerprint density at radius 2 is 1.67 bits per heavy atom. The summed E-state index contributed by atoms with van der Waals surface area (Å²) in [5.41, 5.74) is 0.193. The van der Waals surface area contributed by atoms with Gasteiger partial charge in [0.05, 0.1) is 11.3 Å². The van der Waals surface area contributed by atoms with Gasteiger partial charge in [-0.2, -0.15) is 0 Å². The molecule has 0 aliphatic rings. The highest BCUT2D eigenvalue weighted by Gasteiger charge is 2.11. The molecule has 1 nitrogen and oxygen atoms in total. The minimum Gasteiger partial charge on any atom is -0.255 e. The molecule has 0 aliphatic carbocycles. The Morgan fingerprint density at radius 3 is 2.20 bits per heavy atom. The Bertz CT molecular complexity index is 462. The lowest BCUT2D eigenvalue weighted by Gasteiger charge is -2.03. The Balaban J connectivity index is 2.58. The molecule has 76 valence electrons. The van der Waals surface area contributed by atoms with Gasteiger partial charge in [0, 0.05) is 10.7 Å². The van der Waals surface area contributed by atoms with Crippen molar-refractivity contribution >= 4 is 15.9 Å².